The lowest BCUT2D eigenvalue weighted by atomic mass is 9.32. The molecule has 0 amide bonds. The molecule has 16 fully saturated rings. The van der Waals surface area contributed by atoms with Gasteiger partial charge in [0.1, 0.15) is 0 Å². The van der Waals surface area contributed by atoms with Gasteiger partial charge in [0.05, 0.1) is 0 Å². The summed E-state index contributed by atoms with van der Waals surface area (Å²) in [6.45, 7) is 8.82. The van der Waals surface area contributed by atoms with E-state index in [1.165, 1.54) is 176 Å². The predicted octanol–water partition coefficient (Wildman–Crippen LogP) is 38.2. The Bertz CT molecular complexity index is 4400. The van der Waals surface area contributed by atoms with Gasteiger partial charge >= 0.3 is 0 Å². The monoisotopic (exact) mass is 2590 g/mol. The number of benzene rings is 11. The zero-order chi connectivity index (χ0) is 95.5. The van der Waals surface area contributed by atoms with Crippen LogP contribution in [0.3, 0.4) is 0 Å². The molecule has 0 radical (unpaired) electrons. The average Bonchev–Trinajstić information content (AvgIpc) is 0.676. The van der Waals surface area contributed by atoms with E-state index in [4.69, 9.17) is 0 Å². The molecular formula is C119H135Br13. The highest BCUT2D eigenvalue weighted by atomic mass is 79.9. The van der Waals surface area contributed by atoms with E-state index >= 15 is 0 Å². The first-order chi connectivity index (χ1) is 64.1. The van der Waals surface area contributed by atoms with Crippen molar-refractivity contribution >= 4 is 207 Å². The third-order valence-electron chi connectivity index (χ3n) is 32.2. The molecule has 16 aliphatic rings. The van der Waals surface area contributed by atoms with Crippen molar-refractivity contribution in [3.8, 4) is 0 Å². The van der Waals surface area contributed by atoms with E-state index in [2.05, 4.69) is 560 Å². The maximum Gasteiger partial charge on any atom is 0.0298 e. The first-order valence-corrected chi connectivity index (χ1v) is 63.6. The molecule has 0 N–H and O–H groups in total. The summed E-state index contributed by atoms with van der Waals surface area (Å²) in [4.78, 5) is 0. The molecule has 0 nitrogen and oxygen atoms in total. The molecule has 0 aromatic heterocycles. The lowest BCUT2D eigenvalue weighted by molar-refractivity contribution is -0.0884. The van der Waals surface area contributed by atoms with Crippen molar-refractivity contribution in [3.05, 3.63) is 420 Å². The SMILES string of the molecule is BrC12CC3(Br)CC(Br)(C1)CC(Br)(C2)C3.C=CC(=C)C12CC3(c4ccccc4)CC(c4ccccc4)(C1)CC(c1ccccc1)(C2)C3.CBr.CBr.CBr.CBr.CBr.CBr.CBr.CBr.CBr.c1ccc(C23CC4(c5ccccc5)CC(c5ccccc5)(C2)CC(c2ccccc2)(C3)C4)cc1.c1ccc(C23CC4(c5ccccc5)CC(c5ccccc5)(C2)CC(c2ccccc2)(C3)C4)cc1. The Morgan fingerprint density at radius 1 is 0.167 bits per heavy atom. The predicted molar refractivity (Wildman–Crippen MR) is 622 cm³/mol. The van der Waals surface area contributed by atoms with Crippen molar-refractivity contribution in [3.63, 3.8) is 0 Å². The van der Waals surface area contributed by atoms with Gasteiger partial charge < -0.3 is 0 Å². The van der Waals surface area contributed by atoms with Crippen molar-refractivity contribution in [2.75, 3.05) is 52.5 Å². The van der Waals surface area contributed by atoms with Crippen LogP contribution in [0, 0.1) is 5.41 Å². The van der Waals surface area contributed by atoms with Crippen LogP contribution in [-0.4, -0.2) is 69.8 Å². The highest BCUT2D eigenvalue weighted by Crippen LogP contribution is 2.80. The minimum Gasteiger partial charge on any atom is -0.0988 e. The van der Waals surface area contributed by atoms with E-state index in [1.807, 2.05) is 52.5 Å². The Labute approximate surface area is 904 Å². The maximum absolute atomic E-state index is 4.62. The topological polar surface area (TPSA) is 0 Å². The number of alkyl halides is 13. The highest BCUT2D eigenvalue weighted by Gasteiger charge is 2.73. The lowest BCUT2D eigenvalue weighted by Gasteiger charge is -2.71. The van der Waals surface area contributed by atoms with Gasteiger partial charge in [-0.25, -0.2) is 0 Å². The van der Waals surface area contributed by atoms with Gasteiger partial charge in [0, 0.05) is 17.3 Å². The second kappa shape index (κ2) is 47.4. The Balaban J connectivity index is 0.000000165. The fourth-order valence-electron chi connectivity index (χ4n) is 30.7. The van der Waals surface area contributed by atoms with E-state index < -0.39 is 0 Å². The molecular weight excluding hydrogens is 2470 g/mol. The van der Waals surface area contributed by atoms with Gasteiger partial charge in [0.15, 0.2) is 0 Å². The zero-order valence-electron chi connectivity index (χ0n) is 78.6. The van der Waals surface area contributed by atoms with Crippen molar-refractivity contribution in [2.24, 2.45) is 5.41 Å². The van der Waals surface area contributed by atoms with Crippen LogP contribution in [0.15, 0.2) is 358 Å². The molecule has 16 aliphatic carbocycles. The smallest absolute Gasteiger partial charge is 0.0298 e. The van der Waals surface area contributed by atoms with Crippen molar-refractivity contribution < 1.29 is 0 Å². The molecule has 11 aromatic carbocycles. The standard InChI is InChI=1S/2C34H32.C32H32.C10H12Br4.9CH3Br/c2*1-5-13-27(14-6-1)31-21-32(28-15-7-2-8-16-28)24-33(22-31,29-17-9-3-10-18-29)26-34(23-31,25-32)30-19-11-4-12-20-30;1-3-25(2)29-19-30(26-13-7-4-8-14-26)22-31(20-29,27-15-9-5-10-16-27)24-32(21-29,23-30)28-17-11-6-12-18-28;11-7-1-8(12)4-9(13,2-7)6-10(14,3-7)5-8;9*1-2/h2*1-20H,21-26H2;3-18H,1-2,19-24H2;1-6H2;9*1H3. The Hall–Kier alpha value is -2.86. The van der Waals surface area contributed by atoms with Crippen molar-refractivity contribution in [1.29, 1.82) is 0 Å². The molecule has 0 heterocycles. The molecule has 0 aliphatic heterocycles. The molecule has 132 heavy (non-hydrogen) atoms. The van der Waals surface area contributed by atoms with Gasteiger partial charge in [-0.1, -0.05) is 560 Å². The van der Waals surface area contributed by atoms with E-state index in [0.29, 0.717) is 17.3 Å². The highest BCUT2D eigenvalue weighted by molar-refractivity contribution is 9.12. The maximum atomic E-state index is 4.62. The third-order valence-corrected chi connectivity index (χ3v) is 35.5. The summed E-state index contributed by atoms with van der Waals surface area (Å²) in [7, 11) is 0. The second-order valence-corrected chi connectivity index (χ2v) is 46.7. The minimum atomic E-state index is 0.0953. The quantitative estimate of drug-likeness (QED) is 0.0797. The molecule has 702 valence electrons. The molecule has 0 saturated heterocycles. The molecule has 16 bridgehead atoms. The molecule has 27 rings (SSSR count). The van der Waals surface area contributed by atoms with Gasteiger partial charge in [-0.15, -0.1) is 0 Å². The normalized spacial score (nSPS) is 33.2. The van der Waals surface area contributed by atoms with E-state index in [0.717, 1.165) is 0 Å². The van der Waals surface area contributed by atoms with Crippen LogP contribution in [0.2, 0.25) is 0 Å². The fourth-order valence-corrected chi connectivity index (χ4v) is 39.4. The average molecular weight is 2600 g/mol. The fraction of sp³-hybridized carbons (Fsp3) is 0.412. The summed E-state index contributed by atoms with van der Waals surface area (Å²) in [5, 5.41) is 0. The summed E-state index contributed by atoms with van der Waals surface area (Å²) in [6, 6.07) is 126. The van der Waals surface area contributed by atoms with E-state index in [9.17, 15) is 0 Å². The van der Waals surface area contributed by atoms with Crippen LogP contribution in [0.5, 0.6) is 0 Å². The molecule has 16 saturated carbocycles. The molecule has 0 atom stereocenters. The lowest BCUT2D eigenvalue weighted by Crippen LogP contribution is -2.67. The van der Waals surface area contributed by atoms with Crippen molar-refractivity contribution in [2.45, 2.75) is 231 Å². The summed E-state index contributed by atoms with van der Waals surface area (Å²) in [6.07, 6.45) is 32.1. The Kier molecular flexibility index (Phi) is 39.3. The molecule has 0 spiro atoms. The Morgan fingerprint density at radius 3 is 0.348 bits per heavy atom. The number of hydrogen-bond acceptors (Lipinski definition) is 0. The molecule has 13 heteroatoms. The van der Waals surface area contributed by atoms with Gasteiger partial charge in [-0.2, -0.15) is 0 Å². The van der Waals surface area contributed by atoms with Gasteiger partial charge in [-0.05, 0) is 338 Å². The van der Waals surface area contributed by atoms with Gasteiger partial charge in [0.25, 0.3) is 0 Å². The summed E-state index contributed by atoms with van der Waals surface area (Å²) < 4.78 is 1.44. The number of rotatable bonds is 13. The van der Waals surface area contributed by atoms with Crippen LogP contribution < -0.4 is 0 Å². The minimum absolute atomic E-state index is 0.0953. The van der Waals surface area contributed by atoms with Gasteiger partial charge in [-0.3, -0.25) is 0 Å². The molecule has 0 unspecified atom stereocenters. The Morgan fingerprint density at radius 2 is 0.258 bits per heavy atom. The molecule has 11 aromatic rings. The van der Waals surface area contributed by atoms with E-state index in [1.54, 1.807) is 44.5 Å². The number of hydrogen-bond donors (Lipinski definition) is 0. The van der Waals surface area contributed by atoms with Gasteiger partial charge in [0.2, 0.25) is 0 Å². The third kappa shape index (κ3) is 22.0. The largest absolute Gasteiger partial charge is 0.0988 e. The second-order valence-electron chi connectivity index (χ2n) is 40.0. The van der Waals surface area contributed by atoms with Crippen LogP contribution in [0.1, 0.15) is 215 Å². The van der Waals surface area contributed by atoms with E-state index in [-0.39, 0.29) is 65.0 Å². The van der Waals surface area contributed by atoms with Crippen LogP contribution >= 0.6 is 207 Å². The summed E-state index contributed by atoms with van der Waals surface area (Å²) in [5.74, 6) is 16.3. The summed E-state index contributed by atoms with van der Waals surface area (Å²) in [5.41, 5.74) is 20.3. The van der Waals surface area contributed by atoms with Crippen molar-refractivity contribution in [1.82, 2.24) is 0 Å². The van der Waals surface area contributed by atoms with Crippen LogP contribution in [-0.2, 0) is 59.6 Å². The number of halogens is 13. The zero-order valence-corrected chi connectivity index (χ0v) is 99.2. The number of allylic oxidation sites excluding steroid dienone is 2. The van der Waals surface area contributed by atoms with Crippen LogP contribution in [0.4, 0.5) is 0 Å². The first-order valence-electron chi connectivity index (χ1n) is 46.2. The summed E-state index contributed by atoms with van der Waals surface area (Å²) >= 11 is 42.3. The first kappa shape index (κ1) is 110. The van der Waals surface area contributed by atoms with Crippen LogP contribution in [0.25, 0.3) is 0 Å².